The van der Waals surface area contributed by atoms with Crippen molar-refractivity contribution in [2.24, 2.45) is 0 Å². The zero-order valence-electron chi connectivity index (χ0n) is 11.8. The van der Waals surface area contributed by atoms with Gasteiger partial charge in [-0.1, -0.05) is 29.3 Å². The fraction of sp³-hybridized carbons (Fsp3) is 0.0588. The highest BCUT2D eigenvalue weighted by molar-refractivity contribution is 7.16. The van der Waals surface area contributed by atoms with Gasteiger partial charge in [-0.2, -0.15) is 5.26 Å². The minimum absolute atomic E-state index is 0.328. The molecule has 3 rings (SSSR count). The van der Waals surface area contributed by atoms with Crippen LogP contribution in [-0.2, 0) is 6.61 Å². The summed E-state index contributed by atoms with van der Waals surface area (Å²) in [5, 5.41) is 10.1. The molecule has 0 aliphatic carbocycles. The predicted molar refractivity (Wildman–Crippen MR) is 93.1 cm³/mol. The van der Waals surface area contributed by atoms with Crippen LogP contribution in [0.2, 0.25) is 10.0 Å². The molecule has 0 aliphatic heterocycles. The second-order valence-electron chi connectivity index (χ2n) is 4.71. The Hall–Kier alpha value is -2.06. The molecule has 0 fully saturated rings. The smallest absolute Gasteiger partial charge is 0.138 e. The van der Waals surface area contributed by atoms with Gasteiger partial charge in [0.1, 0.15) is 23.3 Å². The molecule has 0 spiro atoms. The summed E-state index contributed by atoms with van der Waals surface area (Å²) < 4.78 is 5.76. The zero-order valence-corrected chi connectivity index (χ0v) is 14.1. The Bertz CT molecular complexity index is 886. The third-order valence-electron chi connectivity index (χ3n) is 3.12. The van der Waals surface area contributed by atoms with Crippen LogP contribution in [0.1, 0.15) is 10.4 Å². The Kier molecular flexibility index (Phi) is 4.82. The molecule has 1 aromatic carbocycles. The van der Waals surface area contributed by atoms with E-state index in [-0.39, 0.29) is 0 Å². The normalized spacial score (nSPS) is 10.3. The number of benzene rings is 1. The number of hydrogen-bond donors (Lipinski definition) is 0. The summed E-state index contributed by atoms with van der Waals surface area (Å²) in [6.07, 6.45) is 3.39. The Balaban J connectivity index is 1.76. The minimum atomic E-state index is 0.328. The van der Waals surface area contributed by atoms with Crippen molar-refractivity contribution in [3.05, 3.63) is 69.3 Å². The molecule has 3 aromatic rings. The highest BCUT2D eigenvalue weighted by atomic mass is 35.5. The standard InChI is InChI=1S/C17H10Cl2N2OS/c18-13-2-1-11(16(19)6-13)10-22-14-5-12(8-21-9-14)17-4-3-15(7-20)23-17/h1-6,8-9H,10H2. The van der Waals surface area contributed by atoms with E-state index in [1.165, 1.54) is 11.3 Å². The Morgan fingerprint density at radius 2 is 2.00 bits per heavy atom. The number of hydrogen-bond acceptors (Lipinski definition) is 4. The van der Waals surface area contributed by atoms with E-state index >= 15 is 0 Å². The summed E-state index contributed by atoms with van der Waals surface area (Å²) in [6, 6.07) is 13.0. The van der Waals surface area contributed by atoms with Gasteiger partial charge in [-0.3, -0.25) is 4.98 Å². The molecule has 6 heteroatoms. The lowest BCUT2D eigenvalue weighted by molar-refractivity contribution is 0.305. The van der Waals surface area contributed by atoms with Crippen molar-refractivity contribution in [3.8, 4) is 22.3 Å². The Morgan fingerprint density at radius 3 is 2.74 bits per heavy atom. The molecule has 0 amide bonds. The first kappa shape index (κ1) is 15.8. The van der Waals surface area contributed by atoms with Crippen molar-refractivity contribution in [1.82, 2.24) is 4.98 Å². The molecule has 114 valence electrons. The van der Waals surface area contributed by atoms with Crippen molar-refractivity contribution in [2.45, 2.75) is 6.61 Å². The molecule has 0 unspecified atom stereocenters. The predicted octanol–water partition coefficient (Wildman–Crippen LogP) is 5.57. The van der Waals surface area contributed by atoms with Crippen LogP contribution in [0.25, 0.3) is 10.4 Å². The van der Waals surface area contributed by atoms with Crippen molar-refractivity contribution < 1.29 is 4.74 Å². The van der Waals surface area contributed by atoms with E-state index in [1.807, 2.05) is 18.2 Å². The fourth-order valence-electron chi connectivity index (χ4n) is 1.99. The van der Waals surface area contributed by atoms with E-state index in [0.29, 0.717) is 27.3 Å². The first-order valence-electron chi connectivity index (χ1n) is 6.68. The number of thiophene rings is 1. The van der Waals surface area contributed by atoms with Crippen LogP contribution in [0.4, 0.5) is 0 Å². The van der Waals surface area contributed by atoms with Gasteiger partial charge in [-0.25, -0.2) is 0 Å². The second kappa shape index (κ2) is 7.01. The Labute approximate surface area is 147 Å². The van der Waals surface area contributed by atoms with Crippen LogP contribution in [0, 0.1) is 11.3 Å². The number of nitriles is 1. The molecule has 2 heterocycles. The number of ether oxygens (including phenoxy) is 1. The molecular formula is C17H10Cl2N2OS. The van der Waals surface area contributed by atoms with Crippen molar-refractivity contribution in [1.29, 1.82) is 5.26 Å². The van der Waals surface area contributed by atoms with Gasteiger partial charge in [-0.15, -0.1) is 11.3 Å². The van der Waals surface area contributed by atoms with Crippen molar-refractivity contribution in [2.75, 3.05) is 0 Å². The third kappa shape index (κ3) is 3.83. The monoisotopic (exact) mass is 360 g/mol. The van der Waals surface area contributed by atoms with E-state index in [1.54, 1.807) is 30.6 Å². The molecular weight excluding hydrogens is 351 g/mol. The first-order valence-corrected chi connectivity index (χ1v) is 8.25. The van der Waals surface area contributed by atoms with E-state index < -0.39 is 0 Å². The number of rotatable bonds is 4. The lowest BCUT2D eigenvalue weighted by atomic mass is 10.2. The third-order valence-corrected chi connectivity index (χ3v) is 4.75. The minimum Gasteiger partial charge on any atom is -0.487 e. The summed E-state index contributed by atoms with van der Waals surface area (Å²) in [6.45, 7) is 0.328. The molecule has 0 radical (unpaired) electrons. The van der Waals surface area contributed by atoms with Gasteiger partial charge in [0.05, 0.1) is 6.20 Å². The zero-order chi connectivity index (χ0) is 16.2. The van der Waals surface area contributed by atoms with E-state index in [2.05, 4.69) is 11.1 Å². The average molecular weight is 361 g/mol. The molecule has 23 heavy (non-hydrogen) atoms. The van der Waals surface area contributed by atoms with Gasteiger partial charge in [0.25, 0.3) is 0 Å². The van der Waals surface area contributed by atoms with Crippen LogP contribution >= 0.6 is 34.5 Å². The SMILES string of the molecule is N#Cc1ccc(-c2cncc(OCc3ccc(Cl)cc3Cl)c2)s1. The molecule has 3 nitrogen and oxygen atoms in total. The van der Waals surface area contributed by atoms with Crippen LogP contribution in [0.3, 0.4) is 0 Å². The number of halogens is 2. The number of pyridine rings is 1. The van der Waals surface area contributed by atoms with Gasteiger partial charge >= 0.3 is 0 Å². The van der Waals surface area contributed by atoms with Gasteiger partial charge in [0, 0.05) is 32.2 Å². The van der Waals surface area contributed by atoms with Gasteiger partial charge < -0.3 is 4.74 Å². The lowest BCUT2D eigenvalue weighted by Gasteiger charge is -2.08. The molecule has 0 N–H and O–H groups in total. The van der Waals surface area contributed by atoms with Gasteiger partial charge in [0.2, 0.25) is 0 Å². The first-order chi connectivity index (χ1) is 11.2. The van der Waals surface area contributed by atoms with Crippen LogP contribution in [0.5, 0.6) is 5.75 Å². The highest BCUT2D eigenvalue weighted by Crippen LogP contribution is 2.30. The largest absolute Gasteiger partial charge is 0.487 e. The van der Waals surface area contributed by atoms with Crippen molar-refractivity contribution in [3.63, 3.8) is 0 Å². The summed E-state index contributed by atoms with van der Waals surface area (Å²) in [5.41, 5.74) is 1.76. The molecule has 0 atom stereocenters. The maximum absolute atomic E-state index is 8.91. The molecule has 0 aliphatic rings. The second-order valence-corrected chi connectivity index (χ2v) is 6.64. The molecule has 0 bridgehead atoms. The molecule has 0 saturated carbocycles. The van der Waals surface area contributed by atoms with Crippen LogP contribution in [-0.4, -0.2) is 4.98 Å². The number of aromatic nitrogens is 1. The fourth-order valence-corrected chi connectivity index (χ4v) is 3.23. The number of nitrogens with zero attached hydrogens (tertiary/aromatic N) is 2. The summed E-state index contributed by atoms with van der Waals surface area (Å²) in [7, 11) is 0. The average Bonchev–Trinajstić information content (AvgIpc) is 3.03. The Morgan fingerprint density at radius 1 is 1.13 bits per heavy atom. The van der Waals surface area contributed by atoms with E-state index in [9.17, 15) is 0 Å². The summed E-state index contributed by atoms with van der Waals surface area (Å²) in [4.78, 5) is 5.83. The molecule has 0 saturated heterocycles. The summed E-state index contributed by atoms with van der Waals surface area (Å²) in [5.74, 6) is 0.639. The highest BCUT2D eigenvalue weighted by Gasteiger charge is 2.06. The molecule has 2 aromatic heterocycles. The van der Waals surface area contributed by atoms with Crippen LogP contribution in [0.15, 0.2) is 48.8 Å². The van der Waals surface area contributed by atoms with Crippen molar-refractivity contribution >= 4 is 34.5 Å². The van der Waals surface area contributed by atoms with Gasteiger partial charge in [0.15, 0.2) is 0 Å². The summed E-state index contributed by atoms with van der Waals surface area (Å²) >= 11 is 13.4. The van der Waals surface area contributed by atoms with E-state index in [0.717, 1.165) is 16.0 Å². The topological polar surface area (TPSA) is 45.9 Å². The quantitative estimate of drug-likeness (QED) is 0.610. The maximum atomic E-state index is 8.91. The van der Waals surface area contributed by atoms with Crippen LogP contribution < -0.4 is 4.74 Å². The van der Waals surface area contributed by atoms with E-state index in [4.69, 9.17) is 33.2 Å². The lowest BCUT2D eigenvalue weighted by Crippen LogP contribution is -1.97. The maximum Gasteiger partial charge on any atom is 0.138 e. The van der Waals surface area contributed by atoms with Gasteiger partial charge in [-0.05, 0) is 30.3 Å².